The molecule has 0 amide bonds. The molecule has 4 nitrogen and oxygen atoms in total. The number of hydrogen-bond acceptors (Lipinski definition) is 5. The number of thiazole rings is 1. The fourth-order valence-corrected chi connectivity index (χ4v) is 3.68. The van der Waals surface area contributed by atoms with E-state index in [9.17, 15) is 4.79 Å². The lowest BCUT2D eigenvalue weighted by Gasteiger charge is -2.22. The van der Waals surface area contributed by atoms with Crippen LogP contribution in [0.4, 0.5) is 5.69 Å². The van der Waals surface area contributed by atoms with Gasteiger partial charge in [0.15, 0.2) is 4.47 Å². The molecule has 1 aromatic heterocycles. The van der Waals surface area contributed by atoms with Gasteiger partial charge in [0, 0.05) is 16.8 Å². The number of para-hydroxylation sites is 1. The van der Waals surface area contributed by atoms with Gasteiger partial charge in [0.05, 0.1) is 12.1 Å². The van der Waals surface area contributed by atoms with Crippen LogP contribution in [0.3, 0.4) is 0 Å². The van der Waals surface area contributed by atoms with Crippen molar-refractivity contribution in [2.45, 2.75) is 44.8 Å². The Morgan fingerprint density at radius 2 is 2.09 bits per heavy atom. The minimum Gasteiger partial charge on any atom is -0.459 e. The molecule has 23 heavy (non-hydrogen) atoms. The summed E-state index contributed by atoms with van der Waals surface area (Å²) < 4.78 is 6.18. The Kier molecular flexibility index (Phi) is 5.51. The molecule has 6 heteroatoms. The Balaban J connectivity index is 1.65. The number of benzene rings is 1. The SMILES string of the molecule is O=C(OC1CCCCC1)c1ccccc1NCc1cnc(Cl)s1. The second-order valence-electron chi connectivity index (χ2n) is 5.64. The molecule has 1 saturated carbocycles. The van der Waals surface area contributed by atoms with E-state index < -0.39 is 0 Å². The second-order valence-corrected chi connectivity index (χ2v) is 7.34. The summed E-state index contributed by atoms with van der Waals surface area (Å²) in [5.74, 6) is -0.248. The molecular weight excluding hydrogens is 332 g/mol. The van der Waals surface area contributed by atoms with Gasteiger partial charge in [0.1, 0.15) is 6.10 Å². The average molecular weight is 351 g/mol. The van der Waals surface area contributed by atoms with Crippen molar-refractivity contribution in [3.8, 4) is 0 Å². The minimum absolute atomic E-state index is 0.0598. The Morgan fingerprint density at radius 3 is 2.83 bits per heavy atom. The third-order valence-corrected chi connectivity index (χ3v) is 5.07. The molecule has 3 rings (SSSR count). The Labute approximate surface area is 144 Å². The van der Waals surface area contributed by atoms with Gasteiger partial charge in [-0.1, -0.05) is 30.2 Å². The highest BCUT2D eigenvalue weighted by Crippen LogP contribution is 2.24. The molecule has 0 aliphatic heterocycles. The highest BCUT2D eigenvalue weighted by atomic mass is 35.5. The number of carbonyl (C=O) groups is 1. The monoisotopic (exact) mass is 350 g/mol. The van der Waals surface area contributed by atoms with Crippen LogP contribution in [0, 0.1) is 0 Å². The summed E-state index contributed by atoms with van der Waals surface area (Å²) in [5.41, 5.74) is 1.35. The first-order chi connectivity index (χ1) is 11.2. The van der Waals surface area contributed by atoms with Gasteiger partial charge in [0.25, 0.3) is 0 Å². The largest absolute Gasteiger partial charge is 0.459 e. The van der Waals surface area contributed by atoms with Crippen LogP contribution in [0.1, 0.15) is 47.3 Å². The molecular formula is C17H19ClN2O2S. The van der Waals surface area contributed by atoms with Crippen LogP contribution in [0.25, 0.3) is 0 Å². The number of halogens is 1. The van der Waals surface area contributed by atoms with Crippen LogP contribution in [0.5, 0.6) is 0 Å². The predicted molar refractivity (Wildman–Crippen MR) is 93.2 cm³/mol. The van der Waals surface area contributed by atoms with Crippen molar-refractivity contribution < 1.29 is 9.53 Å². The van der Waals surface area contributed by atoms with E-state index in [1.54, 1.807) is 12.3 Å². The molecule has 0 spiro atoms. The fraction of sp³-hybridized carbons (Fsp3) is 0.412. The van der Waals surface area contributed by atoms with E-state index in [1.165, 1.54) is 17.8 Å². The summed E-state index contributed by atoms with van der Waals surface area (Å²) in [6.07, 6.45) is 7.27. The predicted octanol–water partition coefficient (Wildman–Crippen LogP) is 4.90. The fourth-order valence-electron chi connectivity index (χ4n) is 2.76. The molecule has 0 unspecified atom stereocenters. The van der Waals surface area contributed by atoms with E-state index in [0.29, 0.717) is 16.6 Å². The zero-order valence-electron chi connectivity index (χ0n) is 12.8. The molecule has 0 radical (unpaired) electrons. The minimum atomic E-state index is -0.248. The van der Waals surface area contributed by atoms with Crippen molar-refractivity contribution in [2.24, 2.45) is 0 Å². The first-order valence-corrected chi connectivity index (χ1v) is 9.06. The molecule has 1 aliphatic carbocycles. The van der Waals surface area contributed by atoms with E-state index in [2.05, 4.69) is 10.3 Å². The summed E-state index contributed by atoms with van der Waals surface area (Å²) in [7, 11) is 0. The molecule has 1 aliphatic rings. The van der Waals surface area contributed by atoms with Crippen molar-refractivity contribution in [3.63, 3.8) is 0 Å². The summed E-state index contributed by atoms with van der Waals surface area (Å²) in [6.45, 7) is 0.581. The standard InChI is InChI=1S/C17H19ClN2O2S/c18-17-20-11-13(23-17)10-19-15-9-5-4-8-14(15)16(21)22-12-6-2-1-3-7-12/h4-5,8-9,11-12,19H,1-3,6-7,10H2. The Morgan fingerprint density at radius 1 is 1.30 bits per heavy atom. The van der Waals surface area contributed by atoms with Crippen molar-refractivity contribution in [1.29, 1.82) is 0 Å². The van der Waals surface area contributed by atoms with Gasteiger partial charge in [-0.05, 0) is 37.8 Å². The average Bonchev–Trinajstić information content (AvgIpc) is 2.99. The highest BCUT2D eigenvalue weighted by Gasteiger charge is 2.20. The van der Waals surface area contributed by atoms with E-state index in [-0.39, 0.29) is 12.1 Å². The Hall–Kier alpha value is -1.59. The van der Waals surface area contributed by atoms with E-state index >= 15 is 0 Å². The number of nitrogens with zero attached hydrogens (tertiary/aromatic N) is 1. The van der Waals surface area contributed by atoms with E-state index in [1.807, 2.05) is 18.2 Å². The molecule has 1 heterocycles. The van der Waals surface area contributed by atoms with Crippen LogP contribution in [-0.2, 0) is 11.3 Å². The smallest absolute Gasteiger partial charge is 0.340 e. The maximum atomic E-state index is 12.5. The third kappa shape index (κ3) is 4.45. The summed E-state index contributed by atoms with van der Waals surface area (Å²) >= 11 is 7.26. The van der Waals surface area contributed by atoms with Crippen LogP contribution >= 0.6 is 22.9 Å². The second kappa shape index (κ2) is 7.79. The molecule has 1 fully saturated rings. The molecule has 122 valence electrons. The maximum Gasteiger partial charge on any atom is 0.340 e. The Bertz CT molecular complexity index is 668. The van der Waals surface area contributed by atoms with Gasteiger partial charge in [-0.2, -0.15) is 0 Å². The van der Waals surface area contributed by atoms with Crippen LogP contribution in [-0.4, -0.2) is 17.1 Å². The van der Waals surface area contributed by atoms with Crippen LogP contribution < -0.4 is 5.32 Å². The van der Waals surface area contributed by atoms with Gasteiger partial charge in [-0.3, -0.25) is 0 Å². The number of esters is 1. The third-order valence-electron chi connectivity index (χ3n) is 3.95. The van der Waals surface area contributed by atoms with Gasteiger partial charge in [-0.15, -0.1) is 11.3 Å². The lowest BCUT2D eigenvalue weighted by Crippen LogP contribution is -2.21. The zero-order chi connectivity index (χ0) is 16.1. The molecule has 1 aromatic carbocycles. The molecule has 0 bridgehead atoms. The number of nitrogens with one attached hydrogen (secondary N) is 1. The number of carbonyl (C=O) groups excluding carboxylic acids is 1. The normalized spacial score (nSPS) is 15.3. The lowest BCUT2D eigenvalue weighted by molar-refractivity contribution is 0.0212. The van der Waals surface area contributed by atoms with Gasteiger partial charge in [0.2, 0.25) is 0 Å². The van der Waals surface area contributed by atoms with Crippen molar-refractivity contribution >= 4 is 34.6 Å². The van der Waals surface area contributed by atoms with Gasteiger partial charge < -0.3 is 10.1 Å². The summed E-state index contributed by atoms with van der Waals surface area (Å²) in [4.78, 5) is 17.5. The zero-order valence-corrected chi connectivity index (χ0v) is 14.3. The lowest BCUT2D eigenvalue weighted by atomic mass is 9.98. The number of hydrogen-bond donors (Lipinski definition) is 1. The molecule has 0 atom stereocenters. The highest BCUT2D eigenvalue weighted by molar-refractivity contribution is 7.15. The van der Waals surface area contributed by atoms with Gasteiger partial charge in [-0.25, -0.2) is 9.78 Å². The number of anilines is 1. The number of aromatic nitrogens is 1. The van der Waals surface area contributed by atoms with E-state index in [0.717, 1.165) is 36.2 Å². The van der Waals surface area contributed by atoms with Gasteiger partial charge >= 0.3 is 5.97 Å². The molecule has 0 saturated heterocycles. The summed E-state index contributed by atoms with van der Waals surface area (Å²) in [6, 6.07) is 7.44. The van der Waals surface area contributed by atoms with Crippen LogP contribution in [0.15, 0.2) is 30.5 Å². The topological polar surface area (TPSA) is 51.2 Å². The summed E-state index contributed by atoms with van der Waals surface area (Å²) in [5, 5.41) is 3.27. The first kappa shape index (κ1) is 16.3. The van der Waals surface area contributed by atoms with Crippen LogP contribution in [0.2, 0.25) is 4.47 Å². The molecule has 2 aromatic rings. The van der Waals surface area contributed by atoms with Crippen molar-refractivity contribution in [2.75, 3.05) is 5.32 Å². The van der Waals surface area contributed by atoms with E-state index in [4.69, 9.17) is 16.3 Å². The number of rotatable bonds is 5. The maximum absolute atomic E-state index is 12.5. The number of ether oxygens (including phenoxy) is 1. The van der Waals surface area contributed by atoms with Crippen molar-refractivity contribution in [1.82, 2.24) is 4.98 Å². The van der Waals surface area contributed by atoms with Crippen molar-refractivity contribution in [3.05, 3.63) is 45.4 Å². The quantitative estimate of drug-likeness (QED) is 0.779. The first-order valence-electron chi connectivity index (χ1n) is 7.86. The molecule has 1 N–H and O–H groups in total.